The zero-order valence-corrected chi connectivity index (χ0v) is 14.8. The van der Waals surface area contributed by atoms with Gasteiger partial charge in [0.25, 0.3) is 5.91 Å². The number of rotatable bonds is 3. The Morgan fingerprint density at radius 1 is 1.41 bits per heavy atom. The highest BCUT2D eigenvalue weighted by Crippen LogP contribution is 2.32. The number of nitrogens with one attached hydrogen (secondary N) is 1. The predicted molar refractivity (Wildman–Crippen MR) is 88.3 cm³/mol. The van der Waals surface area contributed by atoms with Gasteiger partial charge >= 0.3 is 5.97 Å². The summed E-state index contributed by atoms with van der Waals surface area (Å²) >= 11 is 1.51. The minimum Gasteiger partial charge on any atom is -0.448 e. The molecular weight excluding hydrogens is 298 g/mol. The van der Waals surface area contributed by atoms with Crippen molar-refractivity contribution in [2.24, 2.45) is 5.92 Å². The molecule has 4 nitrogen and oxygen atoms in total. The van der Waals surface area contributed by atoms with E-state index >= 15 is 0 Å². The third-order valence-electron chi connectivity index (χ3n) is 3.68. The van der Waals surface area contributed by atoms with Crippen molar-refractivity contribution in [3.05, 3.63) is 21.4 Å². The summed E-state index contributed by atoms with van der Waals surface area (Å²) in [6, 6.07) is 1.94. The first-order valence-electron chi connectivity index (χ1n) is 7.80. The molecule has 0 spiro atoms. The van der Waals surface area contributed by atoms with Gasteiger partial charge in [-0.2, -0.15) is 0 Å². The summed E-state index contributed by atoms with van der Waals surface area (Å²) in [6.07, 6.45) is 2.45. The normalized spacial score (nSPS) is 19.2. The number of carbonyl (C=O) groups excluding carboxylic acids is 2. The van der Waals surface area contributed by atoms with E-state index in [9.17, 15) is 9.59 Å². The number of hydrogen-bond donors (Lipinski definition) is 1. The molecule has 0 saturated heterocycles. The number of carbonyl (C=O) groups is 2. The number of fused-ring (bicyclic) bond motifs is 1. The molecule has 22 heavy (non-hydrogen) atoms. The summed E-state index contributed by atoms with van der Waals surface area (Å²) in [5.74, 6) is 0.00172. The molecule has 1 aliphatic carbocycles. The van der Waals surface area contributed by atoms with Crippen molar-refractivity contribution in [1.29, 1.82) is 0 Å². The van der Waals surface area contributed by atoms with E-state index in [1.165, 1.54) is 28.2 Å². The van der Waals surface area contributed by atoms with Crippen molar-refractivity contribution in [1.82, 2.24) is 5.32 Å². The Morgan fingerprint density at radius 2 is 2.09 bits per heavy atom. The maximum atomic E-state index is 12.2. The van der Waals surface area contributed by atoms with Crippen LogP contribution in [0.1, 0.15) is 61.2 Å². The van der Waals surface area contributed by atoms with Gasteiger partial charge in [0.15, 0.2) is 6.10 Å². The van der Waals surface area contributed by atoms with Gasteiger partial charge in [0, 0.05) is 10.4 Å². The van der Waals surface area contributed by atoms with Crippen LogP contribution >= 0.6 is 11.3 Å². The SMILES string of the molecule is C[C@H]1CCc2sc(C(=O)O[C@H](C)C(=O)NC(C)(C)C)cc2C1. The van der Waals surface area contributed by atoms with Crippen LogP contribution in [0.2, 0.25) is 0 Å². The molecule has 0 bridgehead atoms. The maximum Gasteiger partial charge on any atom is 0.349 e. The van der Waals surface area contributed by atoms with Crippen LogP contribution in [-0.2, 0) is 22.4 Å². The van der Waals surface area contributed by atoms with Gasteiger partial charge in [-0.1, -0.05) is 6.92 Å². The van der Waals surface area contributed by atoms with Crippen LogP contribution in [0.25, 0.3) is 0 Å². The third-order valence-corrected chi connectivity index (χ3v) is 4.90. The fourth-order valence-corrected chi connectivity index (χ4v) is 3.64. The molecule has 5 heteroatoms. The van der Waals surface area contributed by atoms with Crippen LogP contribution in [-0.4, -0.2) is 23.5 Å². The molecule has 0 fully saturated rings. The van der Waals surface area contributed by atoms with Crippen LogP contribution in [0, 0.1) is 5.92 Å². The number of hydrogen-bond acceptors (Lipinski definition) is 4. The molecule has 1 heterocycles. The lowest BCUT2D eigenvalue weighted by molar-refractivity contribution is -0.130. The number of amides is 1. The molecule has 0 saturated carbocycles. The Kier molecular flexibility index (Phi) is 4.95. The quantitative estimate of drug-likeness (QED) is 0.868. The second kappa shape index (κ2) is 6.41. The molecule has 1 aromatic heterocycles. The Hall–Kier alpha value is -1.36. The standard InChI is InChI=1S/C17H25NO3S/c1-10-6-7-13-12(8-10)9-14(22-13)16(20)21-11(2)15(19)18-17(3,4)5/h9-11H,6-8H2,1-5H3,(H,18,19)/t10-,11+/m0/s1. The van der Waals surface area contributed by atoms with Crippen LogP contribution in [0.4, 0.5) is 0 Å². The first kappa shape index (κ1) is 17.0. The molecule has 0 aromatic carbocycles. The third kappa shape index (κ3) is 4.32. The summed E-state index contributed by atoms with van der Waals surface area (Å²) in [4.78, 5) is 26.1. The first-order chi connectivity index (χ1) is 10.2. The second-order valence-corrected chi connectivity index (χ2v) is 8.33. The Bertz CT molecular complexity index is 571. The van der Waals surface area contributed by atoms with Crippen LogP contribution in [0.3, 0.4) is 0 Å². The topological polar surface area (TPSA) is 55.4 Å². The highest BCUT2D eigenvalue weighted by atomic mass is 32.1. The van der Waals surface area contributed by atoms with Crippen molar-refractivity contribution in [2.75, 3.05) is 0 Å². The predicted octanol–water partition coefficient (Wildman–Crippen LogP) is 3.33. The van der Waals surface area contributed by atoms with Gasteiger partial charge in [-0.15, -0.1) is 11.3 Å². The van der Waals surface area contributed by atoms with E-state index in [-0.39, 0.29) is 11.4 Å². The number of aryl methyl sites for hydroxylation is 1. The minimum atomic E-state index is -0.787. The molecule has 122 valence electrons. The highest BCUT2D eigenvalue weighted by Gasteiger charge is 2.25. The Morgan fingerprint density at radius 3 is 2.73 bits per heavy atom. The van der Waals surface area contributed by atoms with Gasteiger partial charge in [0.05, 0.1) is 0 Å². The minimum absolute atomic E-state index is 0.268. The molecular formula is C17H25NO3S. The Labute approximate surface area is 136 Å². The van der Waals surface area contributed by atoms with Crippen molar-refractivity contribution >= 4 is 23.2 Å². The number of thiophene rings is 1. The lowest BCUT2D eigenvalue weighted by atomic mass is 9.90. The monoisotopic (exact) mass is 323 g/mol. The van der Waals surface area contributed by atoms with Crippen molar-refractivity contribution in [3.63, 3.8) is 0 Å². The molecule has 0 aliphatic heterocycles. The number of esters is 1. The van der Waals surface area contributed by atoms with Crippen molar-refractivity contribution in [3.8, 4) is 0 Å². The average molecular weight is 323 g/mol. The van der Waals surface area contributed by atoms with E-state index in [1.54, 1.807) is 6.92 Å². The van der Waals surface area contributed by atoms with Crippen LogP contribution in [0.15, 0.2) is 6.07 Å². The second-order valence-electron chi connectivity index (χ2n) is 7.19. The first-order valence-corrected chi connectivity index (χ1v) is 8.62. The van der Waals surface area contributed by atoms with Crippen LogP contribution in [0.5, 0.6) is 0 Å². The molecule has 2 atom stereocenters. The zero-order valence-electron chi connectivity index (χ0n) is 14.0. The maximum absolute atomic E-state index is 12.2. The van der Waals surface area contributed by atoms with Crippen molar-refractivity contribution in [2.45, 2.75) is 65.5 Å². The van der Waals surface area contributed by atoms with E-state index in [4.69, 9.17) is 4.74 Å². The lowest BCUT2D eigenvalue weighted by Gasteiger charge is -2.23. The molecule has 1 amide bonds. The zero-order chi connectivity index (χ0) is 16.5. The fourth-order valence-electron chi connectivity index (χ4n) is 2.55. The van der Waals surface area contributed by atoms with Gasteiger partial charge in [-0.25, -0.2) is 4.79 Å². The summed E-state index contributed by atoms with van der Waals surface area (Å²) in [7, 11) is 0. The van der Waals surface area contributed by atoms with E-state index in [2.05, 4.69) is 12.2 Å². The number of ether oxygens (including phenoxy) is 1. The van der Waals surface area contributed by atoms with E-state index in [1.807, 2.05) is 26.8 Å². The largest absolute Gasteiger partial charge is 0.448 e. The molecule has 0 radical (unpaired) electrons. The molecule has 1 N–H and O–H groups in total. The summed E-state index contributed by atoms with van der Waals surface area (Å²) in [5.41, 5.74) is 0.929. The summed E-state index contributed by atoms with van der Waals surface area (Å²) < 4.78 is 5.31. The lowest BCUT2D eigenvalue weighted by Crippen LogP contribution is -2.46. The molecule has 1 aromatic rings. The van der Waals surface area contributed by atoms with Crippen molar-refractivity contribution < 1.29 is 14.3 Å². The Balaban J connectivity index is 1.99. The van der Waals surface area contributed by atoms with Gasteiger partial charge in [0.2, 0.25) is 0 Å². The molecule has 2 rings (SSSR count). The summed E-state index contributed by atoms with van der Waals surface area (Å²) in [6.45, 7) is 9.53. The van der Waals surface area contributed by atoms with Gasteiger partial charge in [0.1, 0.15) is 4.88 Å². The molecule has 1 aliphatic rings. The van der Waals surface area contributed by atoms with Gasteiger partial charge < -0.3 is 10.1 Å². The van der Waals surface area contributed by atoms with Gasteiger partial charge in [-0.05, 0) is 64.5 Å². The fraction of sp³-hybridized carbons (Fsp3) is 0.647. The van der Waals surface area contributed by atoms with Gasteiger partial charge in [-0.3, -0.25) is 4.79 Å². The summed E-state index contributed by atoms with van der Waals surface area (Å²) in [5, 5.41) is 2.82. The smallest absolute Gasteiger partial charge is 0.349 e. The van der Waals surface area contributed by atoms with E-state index in [0.717, 1.165) is 12.8 Å². The van der Waals surface area contributed by atoms with E-state index < -0.39 is 12.1 Å². The van der Waals surface area contributed by atoms with Crippen LogP contribution < -0.4 is 5.32 Å². The highest BCUT2D eigenvalue weighted by molar-refractivity contribution is 7.14. The average Bonchev–Trinajstić information content (AvgIpc) is 2.79. The molecule has 0 unspecified atom stereocenters. The van der Waals surface area contributed by atoms with E-state index in [0.29, 0.717) is 10.8 Å².